The fourth-order valence-electron chi connectivity index (χ4n) is 0.590. The third-order valence-corrected chi connectivity index (χ3v) is 1.86. The first kappa shape index (κ1) is 12.9. The van der Waals surface area contributed by atoms with Crippen molar-refractivity contribution in [1.82, 2.24) is 0 Å². The van der Waals surface area contributed by atoms with Gasteiger partial charge in [-0.25, -0.2) is 0 Å². The van der Waals surface area contributed by atoms with Gasteiger partial charge in [0.15, 0.2) is 0 Å². The molecule has 0 fully saturated rings. The van der Waals surface area contributed by atoms with Gasteiger partial charge in [-0.05, 0) is 11.4 Å². The molecule has 0 aliphatic heterocycles. The molecule has 0 saturated heterocycles. The fourth-order valence-corrected chi connectivity index (χ4v) is 1.22. The van der Waals surface area contributed by atoms with E-state index in [1.165, 1.54) is 11.3 Å². The van der Waals surface area contributed by atoms with Gasteiger partial charge in [0, 0.05) is 4.88 Å². The Bertz CT molecular complexity index is 242. The molecule has 0 aromatic carbocycles. The quantitative estimate of drug-likeness (QED) is 0.617. The zero-order valence-electron chi connectivity index (χ0n) is 6.51. The molecule has 0 amide bonds. The molecule has 1 aromatic rings. The second kappa shape index (κ2) is 5.62. The third kappa shape index (κ3) is 5.56. The Morgan fingerprint density at radius 2 is 2.00 bits per heavy atom. The molecule has 0 aliphatic rings. The van der Waals surface area contributed by atoms with Gasteiger partial charge in [-0.2, -0.15) is 0 Å². The van der Waals surface area contributed by atoms with Gasteiger partial charge in [0.2, 0.25) is 0 Å². The van der Waals surface area contributed by atoms with E-state index in [-0.39, 0.29) is 51.4 Å². The number of hydrogen-bond donors (Lipinski definition) is 0. The smallest absolute Gasteiger partial charge is 0.445 e. The minimum Gasteiger partial charge on any atom is -0.445 e. The summed E-state index contributed by atoms with van der Waals surface area (Å²) in [6, 6.07) is 3.36. The number of rotatable bonds is 2. The van der Waals surface area contributed by atoms with Crippen LogP contribution in [-0.4, -0.2) is 6.98 Å². The largest absolute Gasteiger partial charge is 1.00 e. The molecule has 0 nitrogen and oxygen atoms in total. The van der Waals surface area contributed by atoms with E-state index in [1.807, 2.05) is 0 Å². The van der Waals surface area contributed by atoms with E-state index in [0.29, 0.717) is 10.9 Å². The minimum atomic E-state index is -4.78. The van der Waals surface area contributed by atoms with Gasteiger partial charge < -0.3 is 12.9 Å². The number of halogens is 3. The van der Waals surface area contributed by atoms with Gasteiger partial charge in [0.25, 0.3) is 0 Å². The number of hydrogen-bond acceptors (Lipinski definition) is 1. The predicted octanol–water partition coefficient (Wildman–Crippen LogP) is 0.152. The van der Waals surface area contributed by atoms with Crippen LogP contribution in [0.2, 0.25) is 0 Å². The molecule has 0 radical (unpaired) electrons. The maximum absolute atomic E-state index is 11.6. The first-order chi connectivity index (χ1) is 5.08. The van der Waals surface area contributed by atoms with E-state index in [0.717, 1.165) is 6.08 Å². The SMILES string of the molecule is F[B-](F)(F)/C=C/c1cccs1.[K+]. The van der Waals surface area contributed by atoms with Gasteiger partial charge in [-0.3, -0.25) is 0 Å². The molecular formula is C6H5BF3KS. The molecule has 0 N–H and O–H groups in total. The summed E-state index contributed by atoms with van der Waals surface area (Å²) in [6.07, 6.45) is 1.09. The summed E-state index contributed by atoms with van der Waals surface area (Å²) < 4.78 is 34.9. The van der Waals surface area contributed by atoms with Gasteiger partial charge in [0.1, 0.15) is 0 Å². The summed E-state index contributed by atoms with van der Waals surface area (Å²) in [7, 11) is 0. The van der Waals surface area contributed by atoms with Crippen LogP contribution >= 0.6 is 11.3 Å². The molecule has 12 heavy (non-hydrogen) atoms. The van der Waals surface area contributed by atoms with E-state index < -0.39 is 6.98 Å². The average Bonchev–Trinajstić information content (AvgIpc) is 2.32. The first-order valence-electron chi connectivity index (χ1n) is 3.01. The van der Waals surface area contributed by atoms with Crippen molar-refractivity contribution in [3.05, 3.63) is 28.4 Å². The van der Waals surface area contributed by atoms with E-state index >= 15 is 0 Å². The standard InChI is InChI=1S/C6H5BF3S.K/c8-7(9,10)4-3-6-2-1-5-11-6;/h1-5H;/q-1;+1/b4-3+;. The summed E-state index contributed by atoms with van der Waals surface area (Å²) in [5, 5.41) is 1.74. The van der Waals surface area contributed by atoms with Crippen molar-refractivity contribution < 1.29 is 64.3 Å². The van der Waals surface area contributed by atoms with Crippen molar-refractivity contribution in [2.75, 3.05) is 0 Å². The van der Waals surface area contributed by atoms with Crippen molar-refractivity contribution in [2.45, 2.75) is 0 Å². The van der Waals surface area contributed by atoms with Crippen LogP contribution in [0.25, 0.3) is 6.08 Å². The molecule has 0 spiro atoms. The third-order valence-electron chi connectivity index (χ3n) is 1.02. The van der Waals surface area contributed by atoms with Crippen LogP contribution in [0.1, 0.15) is 4.88 Å². The second-order valence-corrected chi connectivity index (χ2v) is 2.98. The molecule has 0 saturated carbocycles. The maximum Gasteiger partial charge on any atom is 1.00 e. The normalized spacial score (nSPS) is 11.6. The Morgan fingerprint density at radius 1 is 1.33 bits per heavy atom. The monoisotopic (exact) mass is 216 g/mol. The Labute approximate surface area is 115 Å². The van der Waals surface area contributed by atoms with Crippen molar-refractivity contribution in [1.29, 1.82) is 0 Å². The summed E-state index contributed by atoms with van der Waals surface area (Å²) in [5.74, 6) is 0.297. The van der Waals surface area contributed by atoms with Crippen molar-refractivity contribution in [3.63, 3.8) is 0 Å². The molecule has 1 aromatic heterocycles. The van der Waals surface area contributed by atoms with Crippen LogP contribution in [0.5, 0.6) is 0 Å². The zero-order chi connectivity index (χ0) is 8.32. The van der Waals surface area contributed by atoms with Gasteiger partial charge in [0.05, 0.1) is 0 Å². The van der Waals surface area contributed by atoms with Crippen LogP contribution < -0.4 is 51.4 Å². The van der Waals surface area contributed by atoms with Crippen molar-refractivity contribution in [3.8, 4) is 0 Å². The van der Waals surface area contributed by atoms with Gasteiger partial charge >= 0.3 is 58.4 Å². The predicted molar refractivity (Wildman–Crippen MR) is 42.4 cm³/mol. The Balaban J connectivity index is 0.00000121. The second-order valence-electron chi connectivity index (χ2n) is 2.00. The minimum absolute atomic E-state index is 0. The van der Waals surface area contributed by atoms with E-state index in [2.05, 4.69) is 0 Å². The average molecular weight is 216 g/mol. The molecule has 0 unspecified atom stereocenters. The van der Waals surface area contributed by atoms with Gasteiger partial charge in [-0.1, -0.05) is 12.1 Å². The molecule has 1 heterocycles. The zero-order valence-corrected chi connectivity index (χ0v) is 10.4. The molecule has 0 aliphatic carbocycles. The molecular weight excluding hydrogens is 211 g/mol. The van der Waals surface area contributed by atoms with E-state index in [4.69, 9.17) is 0 Å². The molecule has 0 atom stereocenters. The molecule has 0 bridgehead atoms. The summed E-state index contributed by atoms with van der Waals surface area (Å²) in [4.78, 5) is 0.629. The van der Waals surface area contributed by atoms with Crippen LogP contribution in [0.3, 0.4) is 0 Å². The number of thiophene rings is 1. The van der Waals surface area contributed by atoms with Gasteiger partial charge in [-0.15, -0.1) is 17.3 Å². The molecule has 1 rings (SSSR count). The topological polar surface area (TPSA) is 0 Å². The fraction of sp³-hybridized carbons (Fsp3) is 0. The van der Waals surface area contributed by atoms with E-state index in [9.17, 15) is 12.9 Å². The van der Waals surface area contributed by atoms with Crippen molar-refractivity contribution in [2.24, 2.45) is 0 Å². The molecule has 6 heteroatoms. The molecule has 60 valence electrons. The summed E-state index contributed by atoms with van der Waals surface area (Å²) in [5.41, 5.74) is 0. The van der Waals surface area contributed by atoms with Crippen LogP contribution in [0, 0.1) is 0 Å². The Hall–Kier alpha value is 0.931. The maximum atomic E-state index is 11.6. The van der Waals surface area contributed by atoms with Crippen LogP contribution in [-0.2, 0) is 0 Å². The first-order valence-corrected chi connectivity index (χ1v) is 3.88. The Morgan fingerprint density at radius 3 is 2.42 bits per heavy atom. The van der Waals surface area contributed by atoms with E-state index in [1.54, 1.807) is 17.5 Å². The summed E-state index contributed by atoms with van der Waals surface area (Å²) in [6.45, 7) is -4.78. The summed E-state index contributed by atoms with van der Waals surface area (Å²) >= 11 is 1.29. The van der Waals surface area contributed by atoms with Crippen LogP contribution in [0.4, 0.5) is 12.9 Å². The van der Waals surface area contributed by atoms with Crippen molar-refractivity contribution >= 4 is 24.4 Å². The Kier molecular flexibility index (Phi) is 6.05. The van der Waals surface area contributed by atoms with Crippen LogP contribution in [0.15, 0.2) is 23.5 Å².